The average molecular weight is 380 g/mol. The van der Waals surface area contributed by atoms with Crippen LogP contribution in [0.15, 0.2) is 54.6 Å². The van der Waals surface area contributed by atoms with Crippen LogP contribution in [0.5, 0.6) is 5.75 Å². The number of methoxy groups -OCH3 is 1. The third-order valence-electron chi connectivity index (χ3n) is 5.49. The Balaban J connectivity index is 1.49. The summed E-state index contributed by atoms with van der Waals surface area (Å²) in [6, 6.07) is 17.3. The molecule has 0 radical (unpaired) electrons. The van der Waals surface area contributed by atoms with Crippen LogP contribution in [0.4, 0.5) is 5.69 Å². The van der Waals surface area contributed by atoms with Crippen LogP contribution < -0.4 is 15.4 Å². The maximum absolute atomic E-state index is 12.6. The molecular weight excluding hydrogens is 352 g/mol. The molecule has 2 N–H and O–H groups in total. The quantitative estimate of drug-likeness (QED) is 0.784. The minimum Gasteiger partial charge on any atom is -0.495 e. The number of benzene rings is 2. The van der Waals surface area contributed by atoms with Crippen molar-refractivity contribution in [3.63, 3.8) is 0 Å². The summed E-state index contributed by atoms with van der Waals surface area (Å²) in [6.07, 6.45) is 2.91. The first-order valence-corrected chi connectivity index (χ1v) is 9.87. The number of carbonyl (C=O) groups excluding carboxylic acids is 2. The van der Waals surface area contributed by atoms with Gasteiger partial charge in [0, 0.05) is 11.8 Å². The van der Waals surface area contributed by atoms with Gasteiger partial charge in [0.1, 0.15) is 5.75 Å². The lowest BCUT2D eigenvalue weighted by atomic mass is 9.81. The molecule has 2 amide bonds. The van der Waals surface area contributed by atoms with Crippen molar-refractivity contribution in [2.75, 3.05) is 12.4 Å². The van der Waals surface area contributed by atoms with E-state index < -0.39 is 0 Å². The minimum absolute atomic E-state index is 0.000937. The molecule has 1 fully saturated rings. The maximum Gasteiger partial charge on any atom is 0.227 e. The van der Waals surface area contributed by atoms with Crippen LogP contribution in [0.2, 0.25) is 0 Å². The number of amides is 2. The van der Waals surface area contributed by atoms with Gasteiger partial charge in [-0.25, -0.2) is 0 Å². The Hall–Kier alpha value is -2.82. The van der Waals surface area contributed by atoms with Crippen molar-refractivity contribution in [1.29, 1.82) is 0 Å². The Morgan fingerprint density at radius 2 is 1.46 bits per heavy atom. The lowest BCUT2D eigenvalue weighted by molar-refractivity contribution is -0.129. The van der Waals surface area contributed by atoms with Gasteiger partial charge in [0.15, 0.2) is 0 Å². The molecule has 0 aromatic heterocycles. The number of anilines is 1. The van der Waals surface area contributed by atoms with E-state index >= 15 is 0 Å². The lowest BCUT2D eigenvalue weighted by Crippen LogP contribution is -2.36. The highest BCUT2D eigenvalue weighted by Gasteiger charge is 2.30. The van der Waals surface area contributed by atoms with Gasteiger partial charge in [-0.3, -0.25) is 9.59 Å². The zero-order valence-electron chi connectivity index (χ0n) is 16.5. The molecule has 148 valence electrons. The Morgan fingerprint density at radius 3 is 2.11 bits per heavy atom. The monoisotopic (exact) mass is 380 g/mol. The van der Waals surface area contributed by atoms with E-state index in [1.165, 1.54) is 0 Å². The van der Waals surface area contributed by atoms with Gasteiger partial charge in [-0.05, 0) is 50.3 Å². The molecule has 0 bridgehead atoms. The van der Waals surface area contributed by atoms with Gasteiger partial charge in [0.05, 0.1) is 18.8 Å². The fourth-order valence-electron chi connectivity index (χ4n) is 3.76. The number of nitrogens with one attached hydrogen (secondary N) is 2. The molecule has 2 aromatic carbocycles. The molecule has 0 spiro atoms. The van der Waals surface area contributed by atoms with E-state index in [0.717, 1.165) is 31.2 Å². The van der Waals surface area contributed by atoms with Gasteiger partial charge in [-0.2, -0.15) is 0 Å². The Bertz CT molecular complexity index is 799. The Labute approximate surface area is 166 Å². The molecule has 1 unspecified atom stereocenters. The fraction of sp³-hybridized carbons (Fsp3) is 0.391. The van der Waals surface area contributed by atoms with E-state index in [2.05, 4.69) is 10.6 Å². The summed E-state index contributed by atoms with van der Waals surface area (Å²) in [5, 5.41) is 6.07. The predicted octanol–water partition coefficient (Wildman–Crippen LogP) is 4.32. The van der Waals surface area contributed by atoms with E-state index in [1.54, 1.807) is 7.11 Å². The van der Waals surface area contributed by atoms with Gasteiger partial charge < -0.3 is 15.4 Å². The Morgan fingerprint density at radius 1 is 0.893 bits per heavy atom. The minimum atomic E-state index is -0.0690. The summed E-state index contributed by atoms with van der Waals surface area (Å²) < 4.78 is 5.29. The first-order chi connectivity index (χ1) is 13.6. The van der Waals surface area contributed by atoms with E-state index in [4.69, 9.17) is 4.74 Å². The molecule has 2 aromatic rings. The summed E-state index contributed by atoms with van der Waals surface area (Å²) in [4.78, 5) is 25.2. The highest BCUT2D eigenvalue weighted by molar-refractivity contribution is 5.94. The molecule has 0 aliphatic heterocycles. The number of carbonyl (C=O) groups is 2. The van der Waals surface area contributed by atoms with E-state index in [-0.39, 0.29) is 29.7 Å². The van der Waals surface area contributed by atoms with Crippen LogP contribution in [-0.2, 0) is 9.59 Å². The second-order valence-corrected chi connectivity index (χ2v) is 7.38. The first kappa shape index (κ1) is 19.9. The fourth-order valence-corrected chi connectivity index (χ4v) is 3.76. The molecule has 1 saturated carbocycles. The SMILES string of the molecule is COc1ccccc1NC(=O)C1CCC(C(=O)NC(C)c2ccccc2)CC1. The van der Waals surface area contributed by atoms with Crippen molar-refractivity contribution < 1.29 is 14.3 Å². The third kappa shape index (κ3) is 4.91. The lowest BCUT2D eigenvalue weighted by Gasteiger charge is -2.28. The van der Waals surface area contributed by atoms with Gasteiger partial charge in [0.2, 0.25) is 11.8 Å². The van der Waals surface area contributed by atoms with Crippen LogP contribution in [0.1, 0.15) is 44.2 Å². The summed E-state index contributed by atoms with van der Waals surface area (Å²) >= 11 is 0. The van der Waals surface area contributed by atoms with Crippen LogP contribution in [0.3, 0.4) is 0 Å². The molecule has 5 heteroatoms. The van der Waals surface area contributed by atoms with Crippen LogP contribution >= 0.6 is 0 Å². The number of para-hydroxylation sites is 2. The molecule has 1 atom stereocenters. The van der Waals surface area contributed by atoms with Crippen molar-refractivity contribution in [3.8, 4) is 5.75 Å². The van der Waals surface area contributed by atoms with Crippen molar-refractivity contribution >= 4 is 17.5 Å². The van der Waals surface area contributed by atoms with Crippen molar-refractivity contribution in [3.05, 3.63) is 60.2 Å². The molecule has 5 nitrogen and oxygen atoms in total. The first-order valence-electron chi connectivity index (χ1n) is 9.87. The topological polar surface area (TPSA) is 67.4 Å². The highest BCUT2D eigenvalue weighted by Crippen LogP contribution is 2.31. The molecule has 1 aliphatic rings. The van der Waals surface area contributed by atoms with E-state index in [1.807, 2.05) is 61.5 Å². The third-order valence-corrected chi connectivity index (χ3v) is 5.49. The molecular formula is C23H28N2O3. The Kier molecular flexibility index (Phi) is 6.69. The zero-order chi connectivity index (χ0) is 19.9. The van der Waals surface area contributed by atoms with Gasteiger partial charge >= 0.3 is 0 Å². The standard InChI is InChI=1S/C23H28N2O3/c1-16(17-8-4-3-5-9-17)24-22(26)18-12-14-19(15-13-18)23(27)25-20-10-6-7-11-21(20)28-2/h3-11,16,18-19H,12-15H2,1-2H3,(H,24,26)(H,25,27). The number of rotatable bonds is 6. The number of hydrogen-bond donors (Lipinski definition) is 2. The summed E-state index contributed by atoms with van der Waals surface area (Å²) in [5.74, 6) is 0.641. The molecule has 3 rings (SSSR count). The number of ether oxygens (including phenoxy) is 1. The van der Waals surface area contributed by atoms with Crippen molar-refractivity contribution in [2.24, 2.45) is 11.8 Å². The van der Waals surface area contributed by atoms with Gasteiger partial charge in [-0.1, -0.05) is 42.5 Å². The maximum atomic E-state index is 12.6. The van der Waals surface area contributed by atoms with Crippen molar-refractivity contribution in [2.45, 2.75) is 38.6 Å². The van der Waals surface area contributed by atoms with Crippen LogP contribution in [-0.4, -0.2) is 18.9 Å². The molecule has 28 heavy (non-hydrogen) atoms. The van der Waals surface area contributed by atoms with Crippen LogP contribution in [0, 0.1) is 11.8 Å². The largest absolute Gasteiger partial charge is 0.495 e. The second-order valence-electron chi connectivity index (χ2n) is 7.38. The summed E-state index contributed by atoms with van der Waals surface area (Å²) in [5.41, 5.74) is 1.78. The number of hydrogen-bond acceptors (Lipinski definition) is 3. The van der Waals surface area contributed by atoms with Gasteiger partial charge in [-0.15, -0.1) is 0 Å². The average Bonchev–Trinajstić information content (AvgIpc) is 2.74. The van der Waals surface area contributed by atoms with Crippen LogP contribution in [0.25, 0.3) is 0 Å². The molecule has 0 heterocycles. The molecule has 0 saturated heterocycles. The van der Waals surface area contributed by atoms with Gasteiger partial charge in [0.25, 0.3) is 0 Å². The zero-order valence-corrected chi connectivity index (χ0v) is 16.5. The predicted molar refractivity (Wildman–Crippen MR) is 110 cm³/mol. The summed E-state index contributed by atoms with van der Waals surface area (Å²) in [6.45, 7) is 2.00. The van der Waals surface area contributed by atoms with E-state index in [0.29, 0.717) is 11.4 Å². The van der Waals surface area contributed by atoms with E-state index in [9.17, 15) is 9.59 Å². The highest BCUT2D eigenvalue weighted by atomic mass is 16.5. The second kappa shape index (κ2) is 9.40. The summed E-state index contributed by atoms with van der Waals surface area (Å²) in [7, 11) is 1.59. The normalized spacial score (nSPS) is 20.1. The van der Waals surface area contributed by atoms with Crippen molar-refractivity contribution in [1.82, 2.24) is 5.32 Å². The molecule has 1 aliphatic carbocycles. The smallest absolute Gasteiger partial charge is 0.227 e.